The Morgan fingerprint density at radius 3 is 2.42 bits per heavy atom. The smallest absolute Gasteiger partial charge is 0.255 e. The van der Waals surface area contributed by atoms with Crippen LogP contribution in [0.1, 0.15) is 86.8 Å². The summed E-state index contributed by atoms with van der Waals surface area (Å²) in [4.78, 5) is 13.1. The molecule has 0 aliphatic carbocycles. The van der Waals surface area contributed by atoms with Gasteiger partial charge in [0, 0.05) is 12.1 Å². The first kappa shape index (κ1) is 26.2. The van der Waals surface area contributed by atoms with E-state index in [1.54, 1.807) is 6.07 Å². The standard InChI is InChI=1S/C29H39NO3/c1-5-6-8-16-24-19-26(31)25(18-17-22(4)13-11-12-21(2)3)28(32)27(24)29(33)30-20-23-14-9-7-10-15-23/h7,9-10,12,14-15,17,19,31-32H,5-6,8,11,13,16,18,20H2,1-4H3,(H,30,33). The van der Waals surface area contributed by atoms with Crippen molar-refractivity contribution in [3.8, 4) is 11.5 Å². The Kier molecular flexibility index (Phi) is 10.8. The minimum Gasteiger partial charge on any atom is -0.508 e. The molecule has 0 spiro atoms. The summed E-state index contributed by atoms with van der Waals surface area (Å²) in [5.74, 6) is -0.374. The van der Waals surface area contributed by atoms with Gasteiger partial charge in [0.05, 0.1) is 5.56 Å². The zero-order valence-electron chi connectivity index (χ0n) is 20.6. The van der Waals surface area contributed by atoms with E-state index in [2.05, 4.69) is 39.1 Å². The van der Waals surface area contributed by atoms with Crippen molar-refractivity contribution in [2.75, 3.05) is 0 Å². The molecule has 178 valence electrons. The fraction of sp³-hybridized carbons (Fsp3) is 0.414. The largest absolute Gasteiger partial charge is 0.508 e. The van der Waals surface area contributed by atoms with Gasteiger partial charge >= 0.3 is 0 Å². The number of benzene rings is 2. The zero-order chi connectivity index (χ0) is 24.2. The van der Waals surface area contributed by atoms with Gasteiger partial charge in [0.25, 0.3) is 5.91 Å². The number of unbranched alkanes of at least 4 members (excludes halogenated alkanes) is 2. The number of phenolic OH excluding ortho intramolecular Hbond substituents is 2. The van der Waals surface area contributed by atoms with Crippen molar-refractivity contribution < 1.29 is 15.0 Å². The molecular weight excluding hydrogens is 410 g/mol. The second-order valence-electron chi connectivity index (χ2n) is 8.96. The van der Waals surface area contributed by atoms with Gasteiger partial charge in [-0.3, -0.25) is 4.79 Å². The molecule has 0 aliphatic heterocycles. The van der Waals surface area contributed by atoms with Crippen molar-refractivity contribution in [3.63, 3.8) is 0 Å². The normalized spacial score (nSPS) is 11.3. The molecule has 3 N–H and O–H groups in total. The van der Waals surface area contributed by atoms with E-state index >= 15 is 0 Å². The van der Waals surface area contributed by atoms with Crippen molar-refractivity contribution in [2.45, 2.75) is 79.2 Å². The predicted octanol–water partition coefficient (Wildman–Crippen LogP) is 7.00. The summed E-state index contributed by atoms with van der Waals surface area (Å²) in [6.45, 7) is 8.73. The number of aryl methyl sites for hydroxylation is 1. The van der Waals surface area contributed by atoms with Crippen molar-refractivity contribution in [3.05, 3.63) is 82.0 Å². The van der Waals surface area contributed by atoms with Gasteiger partial charge in [-0.25, -0.2) is 0 Å². The van der Waals surface area contributed by atoms with E-state index in [-0.39, 0.29) is 23.0 Å². The SMILES string of the molecule is CCCCCc1cc(O)c(CC=C(C)CCC=C(C)C)c(O)c1C(=O)NCc1ccccc1. The maximum absolute atomic E-state index is 13.1. The molecule has 33 heavy (non-hydrogen) atoms. The second-order valence-corrected chi connectivity index (χ2v) is 8.96. The van der Waals surface area contributed by atoms with Crippen molar-refractivity contribution >= 4 is 5.91 Å². The van der Waals surface area contributed by atoms with Crippen molar-refractivity contribution in [1.82, 2.24) is 5.32 Å². The van der Waals surface area contributed by atoms with E-state index in [1.807, 2.05) is 36.4 Å². The van der Waals surface area contributed by atoms with Gasteiger partial charge in [0.1, 0.15) is 11.5 Å². The number of hydrogen-bond donors (Lipinski definition) is 3. The highest BCUT2D eigenvalue weighted by atomic mass is 16.3. The van der Waals surface area contributed by atoms with Gasteiger partial charge < -0.3 is 15.5 Å². The summed E-state index contributed by atoms with van der Waals surface area (Å²) in [5, 5.41) is 24.7. The van der Waals surface area contributed by atoms with Crippen LogP contribution in [-0.2, 0) is 19.4 Å². The zero-order valence-corrected chi connectivity index (χ0v) is 20.6. The predicted molar refractivity (Wildman–Crippen MR) is 137 cm³/mol. The molecule has 0 aliphatic rings. The summed E-state index contributed by atoms with van der Waals surface area (Å²) < 4.78 is 0. The average Bonchev–Trinajstić information content (AvgIpc) is 2.78. The Morgan fingerprint density at radius 1 is 1.03 bits per heavy atom. The highest BCUT2D eigenvalue weighted by Gasteiger charge is 2.22. The number of carbonyl (C=O) groups excluding carboxylic acids is 1. The van der Waals surface area contributed by atoms with E-state index in [0.717, 1.165) is 37.7 Å². The highest BCUT2D eigenvalue weighted by molar-refractivity contribution is 5.99. The average molecular weight is 450 g/mol. The Morgan fingerprint density at radius 2 is 1.76 bits per heavy atom. The van der Waals surface area contributed by atoms with Gasteiger partial charge in [0.2, 0.25) is 0 Å². The third-order valence-corrected chi connectivity index (χ3v) is 5.78. The number of phenols is 2. The topological polar surface area (TPSA) is 69.6 Å². The van der Waals surface area contributed by atoms with Crippen LogP contribution in [0.3, 0.4) is 0 Å². The molecule has 2 aromatic carbocycles. The van der Waals surface area contributed by atoms with Gasteiger partial charge in [-0.2, -0.15) is 0 Å². The lowest BCUT2D eigenvalue weighted by Crippen LogP contribution is -2.24. The third-order valence-electron chi connectivity index (χ3n) is 5.78. The monoisotopic (exact) mass is 449 g/mol. The summed E-state index contributed by atoms with van der Waals surface area (Å²) in [6, 6.07) is 11.4. The number of nitrogens with one attached hydrogen (secondary N) is 1. The first-order valence-electron chi connectivity index (χ1n) is 12.0. The van der Waals surface area contributed by atoms with Crippen LogP contribution < -0.4 is 5.32 Å². The third kappa shape index (κ3) is 8.45. The fourth-order valence-electron chi connectivity index (χ4n) is 3.80. The Bertz CT molecular complexity index is 970. The van der Waals surface area contributed by atoms with Crippen LogP contribution >= 0.6 is 0 Å². The number of hydrogen-bond acceptors (Lipinski definition) is 3. The molecule has 0 atom stereocenters. The lowest BCUT2D eigenvalue weighted by molar-refractivity contribution is 0.0947. The van der Waals surface area contributed by atoms with Crippen LogP contribution in [0.15, 0.2) is 59.7 Å². The molecule has 0 fully saturated rings. The molecule has 0 heterocycles. The van der Waals surface area contributed by atoms with Crippen LogP contribution in [0.25, 0.3) is 0 Å². The summed E-state index contributed by atoms with van der Waals surface area (Å²) in [6.07, 6.45) is 10.1. The number of aromatic hydroxyl groups is 2. The molecule has 0 saturated heterocycles. The maximum Gasteiger partial charge on any atom is 0.255 e. The van der Waals surface area contributed by atoms with Gasteiger partial charge in [-0.05, 0) is 70.1 Å². The molecule has 2 rings (SSSR count). The number of carbonyl (C=O) groups is 1. The van der Waals surface area contributed by atoms with Crippen LogP contribution in [0, 0.1) is 0 Å². The van der Waals surface area contributed by atoms with Gasteiger partial charge in [-0.1, -0.05) is 73.4 Å². The first-order valence-corrected chi connectivity index (χ1v) is 12.0. The molecular formula is C29H39NO3. The van der Waals surface area contributed by atoms with E-state index in [4.69, 9.17) is 0 Å². The van der Waals surface area contributed by atoms with Crippen LogP contribution in [0.2, 0.25) is 0 Å². The number of amides is 1. The Hall–Kier alpha value is -3.01. The molecule has 4 heteroatoms. The maximum atomic E-state index is 13.1. The minimum atomic E-state index is -0.312. The second kappa shape index (κ2) is 13.5. The number of rotatable bonds is 12. The van der Waals surface area contributed by atoms with Gasteiger partial charge in [0.15, 0.2) is 0 Å². The van der Waals surface area contributed by atoms with Crippen molar-refractivity contribution in [2.24, 2.45) is 0 Å². The van der Waals surface area contributed by atoms with Crippen LogP contribution in [0.4, 0.5) is 0 Å². The van der Waals surface area contributed by atoms with Gasteiger partial charge in [-0.15, -0.1) is 0 Å². The van der Waals surface area contributed by atoms with E-state index in [9.17, 15) is 15.0 Å². The van der Waals surface area contributed by atoms with E-state index in [0.29, 0.717) is 30.5 Å². The quantitative estimate of drug-likeness (QED) is 0.241. The Balaban J connectivity index is 2.28. The molecule has 2 aromatic rings. The fourth-order valence-corrected chi connectivity index (χ4v) is 3.80. The molecule has 0 unspecified atom stereocenters. The lowest BCUT2D eigenvalue weighted by Gasteiger charge is -2.16. The van der Waals surface area contributed by atoms with E-state index < -0.39 is 0 Å². The number of allylic oxidation sites excluding steroid dienone is 4. The summed E-state index contributed by atoms with van der Waals surface area (Å²) in [7, 11) is 0. The molecule has 0 radical (unpaired) electrons. The molecule has 0 aromatic heterocycles. The minimum absolute atomic E-state index is 0.0481. The van der Waals surface area contributed by atoms with Crippen LogP contribution in [-0.4, -0.2) is 16.1 Å². The van der Waals surface area contributed by atoms with Crippen molar-refractivity contribution in [1.29, 1.82) is 0 Å². The Labute approximate surface area is 199 Å². The first-order chi connectivity index (χ1) is 15.8. The summed E-state index contributed by atoms with van der Waals surface area (Å²) >= 11 is 0. The lowest BCUT2D eigenvalue weighted by atomic mass is 9.94. The van der Waals surface area contributed by atoms with E-state index in [1.165, 1.54) is 11.1 Å². The highest BCUT2D eigenvalue weighted by Crippen LogP contribution is 2.35. The molecule has 0 saturated carbocycles. The molecule has 0 bridgehead atoms. The molecule has 1 amide bonds. The summed E-state index contributed by atoms with van der Waals surface area (Å²) in [5.41, 5.74) is 4.85. The van der Waals surface area contributed by atoms with Crippen LogP contribution in [0.5, 0.6) is 11.5 Å². The molecule has 4 nitrogen and oxygen atoms in total.